The summed E-state index contributed by atoms with van der Waals surface area (Å²) in [7, 11) is 0. The van der Waals surface area contributed by atoms with Crippen LogP contribution in [0.5, 0.6) is 0 Å². The molecular weight excluding hydrogens is 238 g/mol. The van der Waals surface area contributed by atoms with Crippen LogP contribution in [0.4, 0.5) is 0 Å². The third kappa shape index (κ3) is 4.21. The predicted octanol–water partition coefficient (Wildman–Crippen LogP) is 3.02. The van der Waals surface area contributed by atoms with E-state index >= 15 is 0 Å². The third-order valence-electron chi connectivity index (χ3n) is 3.73. The van der Waals surface area contributed by atoms with Crippen molar-refractivity contribution in [3.8, 4) is 0 Å². The van der Waals surface area contributed by atoms with Crippen LogP contribution < -0.4 is 0 Å². The van der Waals surface area contributed by atoms with Gasteiger partial charge in [-0.25, -0.2) is 4.79 Å². The van der Waals surface area contributed by atoms with Crippen LogP contribution in [0.2, 0.25) is 0 Å². The Hall–Kier alpha value is -1.61. The maximum absolute atomic E-state index is 10.6. The Bertz CT molecular complexity index is 460. The largest absolute Gasteiger partial charge is 0.478 e. The molecule has 0 unspecified atom stereocenters. The number of carbonyl (C=O) groups is 1. The molecule has 1 aliphatic rings. The topological polar surface area (TPSA) is 40.5 Å². The summed E-state index contributed by atoms with van der Waals surface area (Å²) in [6.07, 6.45) is 5.40. The van der Waals surface area contributed by atoms with Crippen LogP contribution in [0.1, 0.15) is 30.9 Å². The number of carboxylic acids is 1. The fraction of sp³-hybridized carbons (Fsp3) is 0.438. The summed E-state index contributed by atoms with van der Waals surface area (Å²) in [6.45, 7) is 5.49. The number of nitrogens with zero attached hydrogens (tertiary/aromatic N) is 1. The van der Waals surface area contributed by atoms with E-state index in [1.54, 1.807) is 6.08 Å². The van der Waals surface area contributed by atoms with Crippen molar-refractivity contribution in [3.05, 3.63) is 41.5 Å². The first-order chi connectivity index (χ1) is 9.15. The molecule has 0 saturated carbocycles. The van der Waals surface area contributed by atoms with E-state index in [1.807, 2.05) is 18.2 Å². The highest BCUT2D eigenvalue weighted by molar-refractivity contribution is 5.85. The van der Waals surface area contributed by atoms with Gasteiger partial charge in [0.05, 0.1) is 0 Å². The average Bonchev–Trinajstić information content (AvgIpc) is 2.40. The molecule has 3 heteroatoms. The van der Waals surface area contributed by atoms with E-state index in [1.165, 1.54) is 24.5 Å². The van der Waals surface area contributed by atoms with Gasteiger partial charge < -0.3 is 5.11 Å². The Balaban J connectivity index is 2.05. The van der Waals surface area contributed by atoms with Gasteiger partial charge >= 0.3 is 5.97 Å². The minimum Gasteiger partial charge on any atom is -0.478 e. The lowest BCUT2D eigenvalue weighted by Gasteiger charge is -2.30. The number of rotatable bonds is 4. The molecule has 2 rings (SSSR count). The third-order valence-corrected chi connectivity index (χ3v) is 3.73. The quantitative estimate of drug-likeness (QED) is 0.845. The van der Waals surface area contributed by atoms with Crippen molar-refractivity contribution in [1.29, 1.82) is 0 Å². The van der Waals surface area contributed by atoms with Crippen LogP contribution in [0, 0.1) is 5.92 Å². The van der Waals surface area contributed by atoms with Gasteiger partial charge in [-0.2, -0.15) is 0 Å². The molecule has 1 saturated heterocycles. The van der Waals surface area contributed by atoms with Gasteiger partial charge in [0.15, 0.2) is 0 Å². The molecule has 3 nitrogen and oxygen atoms in total. The minimum atomic E-state index is -0.901. The Morgan fingerprint density at radius 2 is 2.05 bits per heavy atom. The maximum atomic E-state index is 10.6. The first kappa shape index (κ1) is 13.8. The standard InChI is InChI=1S/C16H21NO2/c1-13-8-10-17(11-9-13)12-15-5-3-2-4-14(15)6-7-16(18)19/h2-7,13H,8-12H2,1H3,(H,18,19)/b7-6+. The van der Waals surface area contributed by atoms with Crippen LogP contribution in [0.15, 0.2) is 30.3 Å². The van der Waals surface area contributed by atoms with E-state index in [9.17, 15) is 4.79 Å². The van der Waals surface area contributed by atoms with E-state index in [0.717, 1.165) is 31.1 Å². The Kier molecular flexibility index (Phi) is 4.74. The van der Waals surface area contributed by atoms with Crippen molar-refractivity contribution in [2.24, 2.45) is 5.92 Å². The van der Waals surface area contributed by atoms with Crippen LogP contribution in [-0.4, -0.2) is 29.1 Å². The van der Waals surface area contributed by atoms with Gasteiger partial charge in [0.25, 0.3) is 0 Å². The number of hydrogen-bond acceptors (Lipinski definition) is 2. The van der Waals surface area contributed by atoms with E-state index in [-0.39, 0.29) is 0 Å². The summed E-state index contributed by atoms with van der Waals surface area (Å²) < 4.78 is 0. The first-order valence-electron chi connectivity index (χ1n) is 6.86. The highest BCUT2D eigenvalue weighted by Crippen LogP contribution is 2.20. The summed E-state index contributed by atoms with van der Waals surface area (Å²) in [5.74, 6) is -0.0694. The zero-order valence-corrected chi connectivity index (χ0v) is 11.4. The van der Waals surface area contributed by atoms with Crippen molar-refractivity contribution >= 4 is 12.0 Å². The fourth-order valence-electron chi connectivity index (χ4n) is 2.46. The zero-order valence-electron chi connectivity index (χ0n) is 11.4. The van der Waals surface area contributed by atoms with Crippen molar-refractivity contribution in [2.75, 3.05) is 13.1 Å². The van der Waals surface area contributed by atoms with Crippen molar-refractivity contribution in [2.45, 2.75) is 26.3 Å². The molecule has 1 heterocycles. The lowest BCUT2D eigenvalue weighted by atomic mass is 9.98. The van der Waals surface area contributed by atoms with E-state index in [0.29, 0.717) is 0 Å². The van der Waals surface area contributed by atoms with Gasteiger partial charge in [0.2, 0.25) is 0 Å². The normalized spacial score (nSPS) is 17.9. The number of carboxylic acid groups (broad SMARTS) is 1. The molecule has 1 aromatic carbocycles. The van der Waals surface area contributed by atoms with Gasteiger partial charge in [-0.15, -0.1) is 0 Å². The molecular formula is C16H21NO2. The van der Waals surface area contributed by atoms with Crippen molar-refractivity contribution in [1.82, 2.24) is 4.90 Å². The molecule has 1 N–H and O–H groups in total. The van der Waals surface area contributed by atoms with Crippen LogP contribution in [0.3, 0.4) is 0 Å². The van der Waals surface area contributed by atoms with Gasteiger partial charge in [0, 0.05) is 12.6 Å². The summed E-state index contributed by atoms with van der Waals surface area (Å²) in [5, 5.41) is 8.72. The second-order valence-electron chi connectivity index (χ2n) is 5.33. The summed E-state index contributed by atoms with van der Waals surface area (Å²) in [5.41, 5.74) is 2.21. The highest BCUT2D eigenvalue weighted by Gasteiger charge is 2.16. The lowest BCUT2D eigenvalue weighted by Crippen LogP contribution is -2.32. The molecule has 0 bridgehead atoms. The second-order valence-corrected chi connectivity index (χ2v) is 5.33. The number of hydrogen-bond donors (Lipinski definition) is 1. The number of piperidine rings is 1. The summed E-state index contributed by atoms with van der Waals surface area (Å²) in [4.78, 5) is 13.1. The van der Waals surface area contributed by atoms with Gasteiger partial charge in [0.1, 0.15) is 0 Å². The predicted molar refractivity (Wildman–Crippen MR) is 76.8 cm³/mol. The van der Waals surface area contributed by atoms with E-state index in [2.05, 4.69) is 17.9 Å². The SMILES string of the molecule is CC1CCN(Cc2ccccc2/C=C/C(=O)O)CC1. The molecule has 0 atom stereocenters. The lowest BCUT2D eigenvalue weighted by molar-refractivity contribution is -0.131. The number of aliphatic carboxylic acids is 1. The molecule has 1 fully saturated rings. The molecule has 0 radical (unpaired) electrons. The summed E-state index contributed by atoms with van der Waals surface area (Å²) >= 11 is 0. The van der Waals surface area contributed by atoms with Crippen LogP contribution in [-0.2, 0) is 11.3 Å². The molecule has 1 aromatic rings. The monoisotopic (exact) mass is 259 g/mol. The van der Waals surface area contributed by atoms with E-state index in [4.69, 9.17) is 5.11 Å². The smallest absolute Gasteiger partial charge is 0.328 e. The Morgan fingerprint density at radius 1 is 1.37 bits per heavy atom. The Morgan fingerprint density at radius 3 is 2.74 bits per heavy atom. The fourth-order valence-corrected chi connectivity index (χ4v) is 2.46. The maximum Gasteiger partial charge on any atom is 0.328 e. The van der Waals surface area contributed by atoms with Gasteiger partial charge in [-0.05, 0) is 49.1 Å². The van der Waals surface area contributed by atoms with E-state index < -0.39 is 5.97 Å². The second kappa shape index (κ2) is 6.53. The molecule has 0 amide bonds. The van der Waals surface area contributed by atoms with Gasteiger partial charge in [-0.3, -0.25) is 4.90 Å². The summed E-state index contributed by atoms with van der Waals surface area (Å²) in [6, 6.07) is 8.02. The molecule has 0 aromatic heterocycles. The molecule has 0 spiro atoms. The average molecular weight is 259 g/mol. The van der Waals surface area contributed by atoms with Crippen LogP contribution in [0.25, 0.3) is 6.08 Å². The van der Waals surface area contributed by atoms with Crippen molar-refractivity contribution in [3.63, 3.8) is 0 Å². The molecule has 102 valence electrons. The Labute approximate surface area is 114 Å². The number of benzene rings is 1. The molecule has 19 heavy (non-hydrogen) atoms. The molecule has 0 aliphatic carbocycles. The minimum absolute atomic E-state index is 0.832. The molecule has 1 aliphatic heterocycles. The highest BCUT2D eigenvalue weighted by atomic mass is 16.4. The van der Waals surface area contributed by atoms with Crippen LogP contribution >= 0.6 is 0 Å². The zero-order chi connectivity index (χ0) is 13.7. The first-order valence-corrected chi connectivity index (χ1v) is 6.86. The number of likely N-dealkylation sites (tertiary alicyclic amines) is 1. The van der Waals surface area contributed by atoms with Crippen molar-refractivity contribution < 1.29 is 9.90 Å². The van der Waals surface area contributed by atoms with Gasteiger partial charge in [-0.1, -0.05) is 31.2 Å².